The minimum absolute atomic E-state index is 0.325. The molecule has 0 aliphatic heterocycles. The molecule has 1 N–H and O–H groups in total. The van der Waals surface area contributed by atoms with E-state index in [-0.39, 0.29) is 0 Å². The molecular weight excluding hydrogens is 252 g/mol. The van der Waals surface area contributed by atoms with Gasteiger partial charge in [-0.3, -0.25) is 4.68 Å². The summed E-state index contributed by atoms with van der Waals surface area (Å²) in [6, 6.07) is 2.67. The van der Waals surface area contributed by atoms with Crippen LogP contribution in [0.2, 0.25) is 0 Å². The monoisotopic (exact) mass is 278 g/mol. The first-order chi connectivity index (χ1) is 9.68. The largest absolute Gasteiger partial charge is 0.389 e. The second kappa shape index (κ2) is 5.86. The third kappa shape index (κ3) is 3.07. The van der Waals surface area contributed by atoms with Crippen molar-refractivity contribution < 1.29 is 9.84 Å². The van der Waals surface area contributed by atoms with E-state index in [0.717, 1.165) is 31.4 Å². The third-order valence-electron chi connectivity index (χ3n) is 5.07. The smallest absolute Gasteiger partial charge is 0.0705 e. The maximum absolute atomic E-state index is 10.7. The van der Waals surface area contributed by atoms with Gasteiger partial charge in [-0.15, -0.1) is 0 Å². The maximum Gasteiger partial charge on any atom is 0.0705 e. The van der Waals surface area contributed by atoms with E-state index in [1.54, 1.807) is 7.11 Å². The van der Waals surface area contributed by atoms with E-state index in [2.05, 4.69) is 16.9 Å². The lowest BCUT2D eigenvalue weighted by molar-refractivity contribution is -0.0433. The number of nitrogens with zero attached hydrogens (tertiary/aromatic N) is 2. The number of hydrogen-bond acceptors (Lipinski definition) is 3. The van der Waals surface area contributed by atoms with Crippen molar-refractivity contribution in [3.63, 3.8) is 0 Å². The normalized spacial score (nSPS) is 31.8. The summed E-state index contributed by atoms with van der Waals surface area (Å²) in [6.07, 6.45) is 11.8. The Labute approximate surface area is 121 Å². The molecule has 112 valence electrons. The van der Waals surface area contributed by atoms with E-state index in [1.165, 1.54) is 25.7 Å². The summed E-state index contributed by atoms with van der Waals surface area (Å²) in [4.78, 5) is 0. The number of aromatic nitrogens is 2. The van der Waals surface area contributed by atoms with Crippen LogP contribution >= 0.6 is 0 Å². The Morgan fingerprint density at radius 1 is 1.30 bits per heavy atom. The summed E-state index contributed by atoms with van der Waals surface area (Å²) < 4.78 is 7.49. The van der Waals surface area contributed by atoms with Crippen LogP contribution in [-0.2, 0) is 11.2 Å². The van der Waals surface area contributed by atoms with Gasteiger partial charge in [0.05, 0.1) is 23.4 Å². The second-order valence-electron chi connectivity index (χ2n) is 6.56. The molecule has 20 heavy (non-hydrogen) atoms. The fraction of sp³-hybridized carbons (Fsp3) is 0.812. The number of aliphatic hydroxyl groups is 1. The average Bonchev–Trinajstić information content (AvgIpc) is 3.10. The second-order valence-corrected chi connectivity index (χ2v) is 6.56. The molecule has 1 aromatic heterocycles. The Hall–Kier alpha value is -0.870. The number of ether oxygens (including phenoxy) is 1. The molecule has 0 saturated heterocycles. The van der Waals surface area contributed by atoms with Crippen LogP contribution in [0.1, 0.15) is 63.1 Å². The van der Waals surface area contributed by atoms with Gasteiger partial charge in [0.1, 0.15) is 0 Å². The van der Waals surface area contributed by atoms with Crippen molar-refractivity contribution in [3.8, 4) is 0 Å². The van der Waals surface area contributed by atoms with Gasteiger partial charge in [0, 0.05) is 19.7 Å². The van der Waals surface area contributed by atoms with Crippen molar-refractivity contribution in [3.05, 3.63) is 18.0 Å². The molecular formula is C16H26N2O2. The molecule has 0 spiro atoms. The molecule has 0 atom stereocenters. The van der Waals surface area contributed by atoms with E-state index >= 15 is 0 Å². The zero-order chi connectivity index (χ0) is 14.0. The molecule has 0 radical (unpaired) electrons. The van der Waals surface area contributed by atoms with Gasteiger partial charge in [0.15, 0.2) is 0 Å². The highest BCUT2D eigenvalue weighted by Gasteiger charge is 2.34. The van der Waals surface area contributed by atoms with Crippen molar-refractivity contribution >= 4 is 0 Å². The topological polar surface area (TPSA) is 47.3 Å². The van der Waals surface area contributed by atoms with Crippen LogP contribution in [0.15, 0.2) is 12.3 Å². The highest BCUT2D eigenvalue weighted by atomic mass is 16.5. The van der Waals surface area contributed by atoms with Crippen LogP contribution < -0.4 is 0 Å². The summed E-state index contributed by atoms with van der Waals surface area (Å²) in [5.41, 5.74) is 0.458. The first-order valence-electron chi connectivity index (χ1n) is 7.98. The Morgan fingerprint density at radius 3 is 2.65 bits per heavy atom. The zero-order valence-electron chi connectivity index (χ0n) is 12.4. The van der Waals surface area contributed by atoms with Crippen LogP contribution in [0.3, 0.4) is 0 Å². The van der Waals surface area contributed by atoms with Gasteiger partial charge in [-0.05, 0) is 44.6 Å². The molecule has 0 unspecified atom stereocenters. The van der Waals surface area contributed by atoms with Gasteiger partial charge >= 0.3 is 0 Å². The molecule has 2 aliphatic rings. The molecule has 1 heterocycles. The Bertz CT molecular complexity index is 429. The van der Waals surface area contributed by atoms with Crippen LogP contribution in [0.25, 0.3) is 0 Å². The first-order valence-corrected chi connectivity index (χ1v) is 7.98. The van der Waals surface area contributed by atoms with E-state index in [0.29, 0.717) is 18.6 Å². The minimum Gasteiger partial charge on any atom is -0.389 e. The zero-order valence-corrected chi connectivity index (χ0v) is 12.4. The van der Waals surface area contributed by atoms with Gasteiger partial charge in [-0.2, -0.15) is 5.10 Å². The molecule has 1 aromatic rings. The van der Waals surface area contributed by atoms with E-state index in [1.807, 2.05) is 0 Å². The molecule has 2 aliphatic carbocycles. The van der Waals surface area contributed by atoms with Crippen LogP contribution in [0.5, 0.6) is 0 Å². The Balaban J connectivity index is 1.60. The molecule has 4 heteroatoms. The summed E-state index contributed by atoms with van der Waals surface area (Å²) >= 11 is 0. The standard InChI is InChI=1S/C16H26N2O2/c1-20-15-6-9-16(19,10-7-15)12-13-8-11-18(17-13)14-4-2-3-5-14/h8,11,14-15,19H,2-7,9-10,12H2,1H3. The average molecular weight is 278 g/mol. The van der Waals surface area contributed by atoms with Crippen LogP contribution in [0, 0.1) is 0 Å². The summed E-state index contributed by atoms with van der Waals surface area (Å²) in [5.74, 6) is 0. The highest BCUT2D eigenvalue weighted by molar-refractivity contribution is 5.06. The Kier molecular flexibility index (Phi) is 4.13. The fourth-order valence-electron chi connectivity index (χ4n) is 3.72. The van der Waals surface area contributed by atoms with Gasteiger partial charge < -0.3 is 9.84 Å². The van der Waals surface area contributed by atoms with Gasteiger partial charge in [-0.1, -0.05) is 12.8 Å². The van der Waals surface area contributed by atoms with Gasteiger partial charge in [0.2, 0.25) is 0 Å². The predicted molar refractivity (Wildman–Crippen MR) is 77.7 cm³/mol. The molecule has 0 bridgehead atoms. The molecule has 2 saturated carbocycles. The van der Waals surface area contributed by atoms with Crippen LogP contribution in [-0.4, -0.2) is 33.7 Å². The fourth-order valence-corrected chi connectivity index (χ4v) is 3.72. The summed E-state index contributed by atoms with van der Waals surface area (Å²) in [6.45, 7) is 0. The number of methoxy groups -OCH3 is 1. The molecule has 0 amide bonds. The maximum atomic E-state index is 10.7. The molecule has 0 aromatic carbocycles. The van der Waals surface area contributed by atoms with Gasteiger partial charge in [-0.25, -0.2) is 0 Å². The Morgan fingerprint density at radius 2 is 2.00 bits per heavy atom. The lowest BCUT2D eigenvalue weighted by atomic mass is 9.80. The third-order valence-corrected chi connectivity index (χ3v) is 5.07. The predicted octanol–water partition coefficient (Wildman–Crippen LogP) is 2.86. The lowest BCUT2D eigenvalue weighted by Gasteiger charge is -2.35. The van der Waals surface area contributed by atoms with Crippen LogP contribution in [0.4, 0.5) is 0 Å². The quantitative estimate of drug-likeness (QED) is 0.921. The SMILES string of the molecule is COC1CCC(O)(Cc2ccn(C3CCCC3)n2)CC1. The lowest BCUT2D eigenvalue weighted by Crippen LogP contribution is -2.38. The first kappa shape index (κ1) is 14.1. The van der Waals surface area contributed by atoms with Crippen molar-refractivity contribution in [1.29, 1.82) is 0 Å². The summed E-state index contributed by atoms with van der Waals surface area (Å²) in [7, 11) is 1.76. The number of hydrogen-bond donors (Lipinski definition) is 1. The van der Waals surface area contributed by atoms with E-state index in [9.17, 15) is 5.11 Å². The van der Waals surface area contributed by atoms with E-state index in [4.69, 9.17) is 9.84 Å². The van der Waals surface area contributed by atoms with Crippen molar-refractivity contribution in [1.82, 2.24) is 9.78 Å². The molecule has 4 nitrogen and oxygen atoms in total. The van der Waals surface area contributed by atoms with Crippen molar-refractivity contribution in [2.24, 2.45) is 0 Å². The van der Waals surface area contributed by atoms with Crippen molar-refractivity contribution in [2.45, 2.75) is 75.5 Å². The van der Waals surface area contributed by atoms with Gasteiger partial charge in [0.25, 0.3) is 0 Å². The highest BCUT2D eigenvalue weighted by Crippen LogP contribution is 2.33. The molecule has 2 fully saturated rings. The summed E-state index contributed by atoms with van der Waals surface area (Å²) in [5, 5.41) is 15.4. The molecule has 3 rings (SSSR count). The number of rotatable bonds is 4. The van der Waals surface area contributed by atoms with Crippen molar-refractivity contribution in [2.75, 3.05) is 7.11 Å². The minimum atomic E-state index is -0.579. The van der Waals surface area contributed by atoms with E-state index < -0.39 is 5.60 Å².